The predicted octanol–water partition coefficient (Wildman–Crippen LogP) is 5.45. The molecule has 7 nitrogen and oxygen atoms in total. The number of halogens is 3. The number of hydrogen-bond acceptors (Lipinski definition) is 3. The second kappa shape index (κ2) is 11.0. The molecule has 3 aromatic rings. The zero-order valence-corrected chi connectivity index (χ0v) is 21.1. The molecular weight excluding hydrogens is 580 g/mol. The quantitative estimate of drug-likeness (QED) is 0.314. The lowest BCUT2D eigenvalue weighted by atomic mass is 10.0. The number of amides is 2. The second-order valence-corrected chi connectivity index (χ2v) is 9.37. The maximum Gasteiger partial charge on any atom is 0.319 e. The molecule has 10 heteroatoms. The first kappa shape index (κ1) is 25.1. The lowest BCUT2D eigenvalue weighted by Crippen LogP contribution is -2.36. The number of nitrogens with one attached hydrogen (secondary N) is 2. The van der Waals surface area contributed by atoms with Gasteiger partial charge in [-0.05, 0) is 64.9 Å². The third kappa shape index (κ3) is 6.72. The van der Waals surface area contributed by atoms with Gasteiger partial charge < -0.3 is 20.3 Å². The van der Waals surface area contributed by atoms with Crippen molar-refractivity contribution in [1.29, 1.82) is 0 Å². The molecule has 0 aliphatic rings. The number of aromatic nitrogens is 1. The van der Waals surface area contributed by atoms with Crippen molar-refractivity contribution < 1.29 is 14.7 Å². The number of carboxylic acids is 1. The Morgan fingerprint density at radius 2 is 1.82 bits per heavy atom. The van der Waals surface area contributed by atoms with Gasteiger partial charge in [0.2, 0.25) is 0 Å². The molecule has 2 aromatic carbocycles. The average molecular weight is 600 g/mol. The fourth-order valence-electron chi connectivity index (χ4n) is 3.17. The lowest BCUT2D eigenvalue weighted by Gasteiger charge is -2.19. The second-order valence-electron chi connectivity index (χ2n) is 7.37. The molecule has 2 amide bonds. The summed E-state index contributed by atoms with van der Waals surface area (Å²) in [6.45, 7) is 2.07. The van der Waals surface area contributed by atoms with E-state index >= 15 is 0 Å². The first-order chi connectivity index (χ1) is 15.6. The minimum absolute atomic E-state index is 0.0757. The first-order valence-electron chi connectivity index (χ1n) is 9.83. The standard InChI is InChI=1S/C23H20Cl2IN3O4/c1-13-2-4-14(5-3-13)19(11-20(30)31)27-23(33)28-21-18(26)8-9-29(22(21)32)12-15-10-16(24)6-7-17(15)25/h2-10,19H,11-12H2,1H3,(H,30,31)(H2,27,28,33). The van der Waals surface area contributed by atoms with Crippen molar-refractivity contribution in [2.24, 2.45) is 0 Å². The van der Waals surface area contributed by atoms with Crippen LogP contribution in [-0.4, -0.2) is 21.7 Å². The molecular formula is C23H20Cl2IN3O4. The number of anilines is 1. The molecule has 0 aliphatic carbocycles. The minimum Gasteiger partial charge on any atom is -0.481 e. The van der Waals surface area contributed by atoms with Gasteiger partial charge in [-0.25, -0.2) is 4.79 Å². The summed E-state index contributed by atoms with van der Waals surface area (Å²) in [6, 6.07) is 12.4. The van der Waals surface area contributed by atoms with Crippen molar-refractivity contribution in [2.45, 2.75) is 25.9 Å². The van der Waals surface area contributed by atoms with Crippen molar-refractivity contribution in [2.75, 3.05) is 5.32 Å². The van der Waals surface area contributed by atoms with Crippen molar-refractivity contribution in [3.63, 3.8) is 0 Å². The van der Waals surface area contributed by atoms with Crippen LogP contribution in [0.25, 0.3) is 0 Å². The predicted molar refractivity (Wildman–Crippen MR) is 137 cm³/mol. The van der Waals surface area contributed by atoms with E-state index in [0.29, 0.717) is 24.7 Å². The highest BCUT2D eigenvalue weighted by atomic mass is 127. The minimum atomic E-state index is -1.06. The number of benzene rings is 2. The van der Waals surface area contributed by atoms with Gasteiger partial charge in [-0.2, -0.15) is 0 Å². The molecule has 0 saturated heterocycles. The number of rotatable bonds is 7. The Kier molecular flexibility index (Phi) is 8.39. The van der Waals surface area contributed by atoms with E-state index in [1.54, 1.807) is 42.6 Å². The maximum atomic E-state index is 13.0. The van der Waals surface area contributed by atoms with Crippen LogP contribution in [-0.2, 0) is 11.3 Å². The van der Waals surface area contributed by atoms with E-state index in [4.69, 9.17) is 23.2 Å². The number of pyridine rings is 1. The number of carbonyl (C=O) groups excluding carboxylic acids is 1. The first-order valence-corrected chi connectivity index (χ1v) is 11.7. The Labute approximate surface area is 213 Å². The number of aryl methyl sites for hydroxylation is 1. The van der Waals surface area contributed by atoms with Crippen molar-refractivity contribution in [1.82, 2.24) is 9.88 Å². The number of carbonyl (C=O) groups is 2. The summed E-state index contributed by atoms with van der Waals surface area (Å²) < 4.78 is 1.94. The van der Waals surface area contributed by atoms with Gasteiger partial charge in [0.05, 0.1) is 19.0 Å². The smallest absolute Gasteiger partial charge is 0.319 e. The van der Waals surface area contributed by atoms with Crippen LogP contribution in [0.3, 0.4) is 0 Å². The number of hydrogen-bond donors (Lipinski definition) is 3. The normalized spacial score (nSPS) is 11.6. The lowest BCUT2D eigenvalue weighted by molar-refractivity contribution is -0.137. The molecule has 3 rings (SSSR count). The summed E-state index contributed by atoms with van der Waals surface area (Å²) in [5, 5.41) is 15.4. The Morgan fingerprint density at radius 1 is 1.12 bits per heavy atom. The molecule has 0 spiro atoms. The van der Waals surface area contributed by atoms with E-state index in [1.165, 1.54) is 4.57 Å². The molecule has 172 valence electrons. The van der Waals surface area contributed by atoms with Gasteiger partial charge >= 0.3 is 12.0 Å². The van der Waals surface area contributed by atoms with Crippen molar-refractivity contribution in [3.8, 4) is 0 Å². The van der Waals surface area contributed by atoms with Gasteiger partial charge in [-0.15, -0.1) is 0 Å². The van der Waals surface area contributed by atoms with Crippen LogP contribution in [0.2, 0.25) is 10.0 Å². The molecule has 0 bridgehead atoms. The molecule has 1 unspecified atom stereocenters. The van der Waals surface area contributed by atoms with Crippen LogP contribution < -0.4 is 16.2 Å². The molecule has 0 aliphatic heterocycles. The van der Waals surface area contributed by atoms with Crippen LogP contribution in [0, 0.1) is 10.5 Å². The Morgan fingerprint density at radius 3 is 2.48 bits per heavy atom. The molecule has 0 fully saturated rings. The summed E-state index contributed by atoms with van der Waals surface area (Å²) >= 11 is 14.2. The van der Waals surface area contributed by atoms with E-state index in [1.807, 2.05) is 41.6 Å². The van der Waals surface area contributed by atoms with E-state index in [2.05, 4.69) is 10.6 Å². The largest absolute Gasteiger partial charge is 0.481 e. The third-order valence-electron chi connectivity index (χ3n) is 4.87. The Balaban J connectivity index is 1.82. The van der Waals surface area contributed by atoms with E-state index in [9.17, 15) is 19.5 Å². The van der Waals surface area contributed by atoms with Gasteiger partial charge in [0.25, 0.3) is 5.56 Å². The van der Waals surface area contributed by atoms with Crippen LogP contribution in [0.5, 0.6) is 0 Å². The van der Waals surface area contributed by atoms with Crippen LogP contribution in [0.4, 0.5) is 10.5 Å². The van der Waals surface area contributed by atoms with Gasteiger partial charge in [-0.3, -0.25) is 9.59 Å². The van der Waals surface area contributed by atoms with Gasteiger partial charge in [0.15, 0.2) is 0 Å². The summed E-state index contributed by atoms with van der Waals surface area (Å²) in [6.07, 6.45) is 1.30. The van der Waals surface area contributed by atoms with Gasteiger partial charge in [0.1, 0.15) is 5.69 Å². The molecule has 1 heterocycles. The topological polar surface area (TPSA) is 100 Å². The average Bonchev–Trinajstić information content (AvgIpc) is 2.75. The van der Waals surface area contributed by atoms with Crippen LogP contribution in [0.1, 0.15) is 29.2 Å². The Hall–Kier alpha value is -2.56. The van der Waals surface area contributed by atoms with Gasteiger partial charge in [-0.1, -0.05) is 53.0 Å². The van der Waals surface area contributed by atoms with Crippen molar-refractivity contribution >= 4 is 63.5 Å². The summed E-state index contributed by atoms with van der Waals surface area (Å²) in [5.74, 6) is -1.06. The number of carboxylic acid groups (broad SMARTS) is 1. The highest BCUT2D eigenvalue weighted by Crippen LogP contribution is 2.22. The van der Waals surface area contributed by atoms with E-state index in [0.717, 1.165) is 5.56 Å². The zero-order valence-electron chi connectivity index (χ0n) is 17.4. The summed E-state index contributed by atoms with van der Waals surface area (Å²) in [4.78, 5) is 37.1. The molecule has 1 aromatic heterocycles. The van der Waals surface area contributed by atoms with Gasteiger partial charge in [0, 0.05) is 19.8 Å². The summed E-state index contributed by atoms with van der Waals surface area (Å²) in [7, 11) is 0. The zero-order chi connectivity index (χ0) is 24.1. The molecule has 33 heavy (non-hydrogen) atoms. The highest BCUT2D eigenvalue weighted by Gasteiger charge is 2.20. The van der Waals surface area contributed by atoms with E-state index in [-0.39, 0.29) is 18.7 Å². The molecule has 0 radical (unpaired) electrons. The number of aliphatic carboxylic acids is 1. The molecule has 3 N–H and O–H groups in total. The van der Waals surface area contributed by atoms with E-state index < -0.39 is 23.6 Å². The fraction of sp³-hybridized carbons (Fsp3) is 0.174. The monoisotopic (exact) mass is 599 g/mol. The van der Waals surface area contributed by atoms with Crippen molar-refractivity contribution in [3.05, 3.63) is 95.4 Å². The SMILES string of the molecule is Cc1ccc(C(CC(=O)O)NC(=O)Nc2c(I)ccn(Cc3cc(Cl)ccc3Cl)c2=O)cc1. The maximum absolute atomic E-state index is 13.0. The van der Waals surface area contributed by atoms with Crippen LogP contribution in [0.15, 0.2) is 59.5 Å². The Bertz CT molecular complexity index is 1250. The number of urea groups is 1. The number of nitrogens with zero attached hydrogens (tertiary/aromatic N) is 1. The summed E-state index contributed by atoms with van der Waals surface area (Å²) in [5.41, 5.74) is 1.96. The third-order valence-corrected chi connectivity index (χ3v) is 6.37. The highest BCUT2D eigenvalue weighted by molar-refractivity contribution is 14.1. The van der Waals surface area contributed by atoms with Crippen LogP contribution >= 0.6 is 45.8 Å². The molecule has 0 saturated carbocycles. The molecule has 1 atom stereocenters. The fourth-order valence-corrected chi connectivity index (χ4v) is 4.07.